The third-order valence-corrected chi connectivity index (χ3v) is 2.75. The second-order valence-corrected chi connectivity index (χ2v) is 4.36. The first-order valence-corrected chi connectivity index (χ1v) is 5.89. The second kappa shape index (κ2) is 7.25. The lowest BCUT2D eigenvalue weighted by molar-refractivity contribution is 0.146. The van der Waals surface area contributed by atoms with Crippen molar-refractivity contribution in [3.05, 3.63) is 23.9 Å². The highest BCUT2D eigenvalue weighted by atomic mass is 16.5. The number of nitrogens with zero attached hydrogens (tertiary/aromatic N) is 1. The summed E-state index contributed by atoms with van der Waals surface area (Å²) in [5.41, 5.74) is 1.07. The zero-order valence-corrected chi connectivity index (χ0v) is 11.1. The van der Waals surface area contributed by atoms with E-state index in [1.54, 1.807) is 20.4 Å². The molecule has 0 saturated carbocycles. The van der Waals surface area contributed by atoms with Gasteiger partial charge in [-0.15, -0.1) is 0 Å². The molecule has 96 valence electrons. The van der Waals surface area contributed by atoms with E-state index < -0.39 is 0 Å². The lowest BCUT2D eigenvalue weighted by atomic mass is 10.1. The van der Waals surface area contributed by atoms with E-state index in [0.717, 1.165) is 12.1 Å². The number of hydrogen-bond donors (Lipinski definition) is 1. The molecule has 0 fully saturated rings. The molecule has 1 aromatic rings. The Morgan fingerprint density at radius 1 is 1.35 bits per heavy atom. The Labute approximate surface area is 103 Å². The number of methoxy groups -OCH3 is 2. The molecule has 0 radical (unpaired) electrons. The molecule has 0 spiro atoms. The Hall–Kier alpha value is -1.13. The summed E-state index contributed by atoms with van der Waals surface area (Å²) in [6.45, 7) is 5.80. The molecule has 1 atom stereocenters. The molecule has 0 aliphatic carbocycles. The van der Waals surface area contributed by atoms with E-state index in [9.17, 15) is 0 Å². The van der Waals surface area contributed by atoms with Crippen LogP contribution in [0.2, 0.25) is 0 Å². The van der Waals surface area contributed by atoms with Gasteiger partial charge in [0.1, 0.15) is 0 Å². The molecule has 0 saturated heterocycles. The van der Waals surface area contributed by atoms with Gasteiger partial charge < -0.3 is 14.8 Å². The average molecular weight is 238 g/mol. The van der Waals surface area contributed by atoms with Crippen LogP contribution >= 0.6 is 0 Å². The largest absolute Gasteiger partial charge is 0.481 e. The first-order chi connectivity index (χ1) is 8.19. The van der Waals surface area contributed by atoms with Gasteiger partial charge in [-0.1, -0.05) is 19.9 Å². The van der Waals surface area contributed by atoms with Crippen molar-refractivity contribution < 1.29 is 9.47 Å². The van der Waals surface area contributed by atoms with Gasteiger partial charge in [0.2, 0.25) is 5.88 Å². The maximum atomic E-state index is 5.22. The van der Waals surface area contributed by atoms with Crippen LogP contribution in [0.1, 0.15) is 19.4 Å². The van der Waals surface area contributed by atoms with Crippen LogP contribution in [-0.4, -0.2) is 31.9 Å². The first kappa shape index (κ1) is 13.9. The topological polar surface area (TPSA) is 43.4 Å². The lowest BCUT2D eigenvalue weighted by Crippen LogP contribution is -2.37. The summed E-state index contributed by atoms with van der Waals surface area (Å²) >= 11 is 0. The number of ether oxygens (including phenoxy) is 2. The summed E-state index contributed by atoms with van der Waals surface area (Å²) in [5.74, 6) is 1.21. The van der Waals surface area contributed by atoms with Crippen LogP contribution in [-0.2, 0) is 11.3 Å². The van der Waals surface area contributed by atoms with Crippen LogP contribution in [0, 0.1) is 5.92 Å². The predicted molar refractivity (Wildman–Crippen MR) is 68.1 cm³/mol. The SMILES string of the molecule is COCC(NCc1cccnc1OC)C(C)C. The number of nitrogens with one attached hydrogen (secondary N) is 1. The summed E-state index contributed by atoms with van der Waals surface area (Å²) in [6.07, 6.45) is 1.73. The highest BCUT2D eigenvalue weighted by molar-refractivity contribution is 5.25. The highest BCUT2D eigenvalue weighted by Crippen LogP contribution is 2.14. The Kier molecular flexibility index (Phi) is 5.94. The Bertz CT molecular complexity index is 329. The van der Waals surface area contributed by atoms with Gasteiger partial charge in [-0.3, -0.25) is 0 Å². The number of rotatable bonds is 7. The standard InChI is InChI=1S/C13H22N2O2/c1-10(2)12(9-16-3)15-8-11-6-5-7-14-13(11)17-4/h5-7,10,12,15H,8-9H2,1-4H3. The fourth-order valence-electron chi connectivity index (χ4n) is 1.65. The van der Waals surface area contributed by atoms with Crippen LogP contribution in [0.4, 0.5) is 0 Å². The minimum atomic E-state index is 0.338. The number of pyridine rings is 1. The van der Waals surface area contributed by atoms with Crippen molar-refractivity contribution in [3.63, 3.8) is 0 Å². The van der Waals surface area contributed by atoms with Crippen LogP contribution in [0.25, 0.3) is 0 Å². The summed E-state index contributed by atoms with van der Waals surface area (Å²) in [6, 6.07) is 4.27. The molecule has 1 unspecified atom stereocenters. The van der Waals surface area contributed by atoms with Crippen molar-refractivity contribution in [3.8, 4) is 5.88 Å². The molecule has 1 rings (SSSR count). The van der Waals surface area contributed by atoms with E-state index in [0.29, 0.717) is 24.4 Å². The summed E-state index contributed by atoms with van der Waals surface area (Å²) in [4.78, 5) is 4.17. The van der Waals surface area contributed by atoms with Crippen LogP contribution in [0.15, 0.2) is 18.3 Å². The molecule has 4 heteroatoms. The maximum Gasteiger partial charge on any atom is 0.217 e. The van der Waals surface area contributed by atoms with E-state index in [2.05, 4.69) is 24.1 Å². The molecular weight excluding hydrogens is 216 g/mol. The van der Waals surface area contributed by atoms with Gasteiger partial charge in [0.15, 0.2) is 0 Å². The highest BCUT2D eigenvalue weighted by Gasteiger charge is 2.13. The van der Waals surface area contributed by atoms with E-state index in [1.807, 2.05) is 12.1 Å². The number of aromatic nitrogens is 1. The molecule has 0 aliphatic rings. The minimum Gasteiger partial charge on any atom is -0.481 e. The van der Waals surface area contributed by atoms with Crippen LogP contribution in [0.5, 0.6) is 5.88 Å². The first-order valence-electron chi connectivity index (χ1n) is 5.89. The van der Waals surface area contributed by atoms with E-state index >= 15 is 0 Å². The van der Waals surface area contributed by atoms with Crippen molar-refractivity contribution in [2.45, 2.75) is 26.4 Å². The zero-order chi connectivity index (χ0) is 12.7. The quantitative estimate of drug-likeness (QED) is 0.787. The number of hydrogen-bond acceptors (Lipinski definition) is 4. The molecule has 0 aliphatic heterocycles. The van der Waals surface area contributed by atoms with Crippen LogP contribution in [0.3, 0.4) is 0 Å². The molecule has 1 N–H and O–H groups in total. The van der Waals surface area contributed by atoms with E-state index in [1.165, 1.54) is 0 Å². The third-order valence-electron chi connectivity index (χ3n) is 2.75. The van der Waals surface area contributed by atoms with Crippen molar-refractivity contribution in [2.24, 2.45) is 5.92 Å². The minimum absolute atomic E-state index is 0.338. The predicted octanol–water partition coefficient (Wildman–Crippen LogP) is 1.85. The molecule has 1 heterocycles. The van der Waals surface area contributed by atoms with Gasteiger partial charge >= 0.3 is 0 Å². The molecule has 0 aromatic carbocycles. The third kappa shape index (κ3) is 4.32. The molecule has 0 bridgehead atoms. The normalized spacial score (nSPS) is 12.8. The Morgan fingerprint density at radius 3 is 2.71 bits per heavy atom. The van der Waals surface area contributed by atoms with Gasteiger partial charge in [0.25, 0.3) is 0 Å². The van der Waals surface area contributed by atoms with Crippen molar-refractivity contribution in [1.29, 1.82) is 0 Å². The van der Waals surface area contributed by atoms with Crippen molar-refractivity contribution in [2.75, 3.05) is 20.8 Å². The maximum absolute atomic E-state index is 5.22. The fraction of sp³-hybridized carbons (Fsp3) is 0.615. The average Bonchev–Trinajstić information content (AvgIpc) is 2.34. The summed E-state index contributed by atoms with van der Waals surface area (Å²) in [7, 11) is 3.36. The molecule has 1 aromatic heterocycles. The Balaban J connectivity index is 2.58. The Morgan fingerprint density at radius 2 is 2.12 bits per heavy atom. The zero-order valence-electron chi connectivity index (χ0n) is 11.1. The molecule has 0 amide bonds. The molecule has 17 heavy (non-hydrogen) atoms. The van der Waals surface area contributed by atoms with Gasteiger partial charge in [-0.25, -0.2) is 4.98 Å². The lowest BCUT2D eigenvalue weighted by Gasteiger charge is -2.21. The smallest absolute Gasteiger partial charge is 0.217 e. The van der Waals surface area contributed by atoms with E-state index in [-0.39, 0.29) is 0 Å². The van der Waals surface area contributed by atoms with Crippen LogP contribution < -0.4 is 10.1 Å². The van der Waals surface area contributed by atoms with Crippen molar-refractivity contribution in [1.82, 2.24) is 10.3 Å². The van der Waals surface area contributed by atoms with Gasteiger partial charge in [0.05, 0.1) is 13.7 Å². The monoisotopic (exact) mass is 238 g/mol. The molecular formula is C13H22N2O2. The van der Waals surface area contributed by atoms with Gasteiger partial charge in [0, 0.05) is 31.5 Å². The molecule has 4 nitrogen and oxygen atoms in total. The fourth-order valence-corrected chi connectivity index (χ4v) is 1.65. The summed E-state index contributed by atoms with van der Waals surface area (Å²) < 4.78 is 10.4. The second-order valence-electron chi connectivity index (χ2n) is 4.36. The van der Waals surface area contributed by atoms with E-state index in [4.69, 9.17) is 9.47 Å². The van der Waals surface area contributed by atoms with Crippen molar-refractivity contribution >= 4 is 0 Å². The van der Waals surface area contributed by atoms with Gasteiger partial charge in [-0.2, -0.15) is 0 Å². The van der Waals surface area contributed by atoms with Gasteiger partial charge in [-0.05, 0) is 12.0 Å². The summed E-state index contributed by atoms with van der Waals surface area (Å²) in [5, 5.41) is 3.47.